The summed E-state index contributed by atoms with van der Waals surface area (Å²) in [5.74, 6) is 0. The number of allylic oxidation sites excluding steroid dienone is 1. The predicted molar refractivity (Wildman–Crippen MR) is 84.7 cm³/mol. The first-order valence-corrected chi connectivity index (χ1v) is 7.39. The fraction of sp³-hybridized carbons (Fsp3) is 0.444. The quantitative estimate of drug-likeness (QED) is 0.549. The smallest absolute Gasteiger partial charge is 0.0931 e. The summed E-state index contributed by atoms with van der Waals surface area (Å²) in [5.41, 5.74) is 1.37. The number of hydrogen-bond acceptors (Lipinski definition) is 2. The zero-order chi connectivity index (χ0) is 14.5. The molecule has 108 valence electrons. The second-order valence-electron chi connectivity index (χ2n) is 5.42. The molecule has 0 N–H and O–H groups in total. The Kier molecular flexibility index (Phi) is 5.16. The average Bonchev–Trinajstić information content (AvgIpc) is 3.27. The number of nitrogens with zero attached hydrogens (tertiary/aromatic N) is 1. The van der Waals surface area contributed by atoms with Gasteiger partial charge in [-0.3, -0.25) is 4.90 Å². The number of benzene rings is 1. The zero-order valence-electron chi connectivity index (χ0n) is 12.7. The van der Waals surface area contributed by atoms with Crippen LogP contribution in [0.5, 0.6) is 0 Å². The first-order valence-electron chi connectivity index (χ1n) is 7.39. The average molecular weight is 271 g/mol. The van der Waals surface area contributed by atoms with E-state index in [4.69, 9.17) is 4.74 Å². The van der Waals surface area contributed by atoms with Crippen LogP contribution in [0.1, 0.15) is 32.4 Å². The van der Waals surface area contributed by atoms with Crippen LogP contribution >= 0.6 is 0 Å². The number of ether oxygens (including phenoxy) is 1. The van der Waals surface area contributed by atoms with Gasteiger partial charge in [-0.2, -0.15) is 0 Å². The van der Waals surface area contributed by atoms with Crippen molar-refractivity contribution in [1.29, 1.82) is 0 Å². The van der Waals surface area contributed by atoms with E-state index < -0.39 is 0 Å². The molecule has 2 rings (SSSR count). The van der Waals surface area contributed by atoms with E-state index in [9.17, 15) is 0 Å². The normalized spacial score (nSPS) is 26.1. The molecule has 0 bridgehead atoms. The predicted octanol–water partition coefficient (Wildman–Crippen LogP) is 3.97. The van der Waals surface area contributed by atoms with Gasteiger partial charge in [0.05, 0.1) is 18.2 Å². The van der Waals surface area contributed by atoms with E-state index in [0.29, 0.717) is 12.1 Å². The third kappa shape index (κ3) is 3.59. The van der Waals surface area contributed by atoms with Crippen molar-refractivity contribution in [2.75, 3.05) is 6.54 Å². The Morgan fingerprint density at radius 1 is 1.30 bits per heavy atom. The molecule has 0 spiro atoms. The number of hydrogen-bond donors (Lipinski definition) is 0. The maximum atomic E-state index is 6.03. The standard InChI is InChI=1S/C18H25NO/c1-5-10-18(20-14(3)6-2)17-13-19(17)15(4)16-11-8-7-9-12-16/h5-12,14-15,17-18H,2,13H2,1,3-4H3/b10-5+/t14-,15+,17+,18+,19?/m0/s1. The van der Waals surface area contributed by atoms with Crippen LogP contribution in [0.2, 0.25) is 0 Å². The summed E-state index contributed by atoms with van der Waals surface area (Å²) in [7, 11) is 0. The van der Waals surface area contributed by atoms with E-state index in [0.717, 1.165) is 6.54 Å². The second kappa shape index (κ2) is 6.87. The van der Waals surface area contributed by atoms with Crippen LogP contribution in [0.3, 0.4) is 0 Å². The lowest BCUT2D eigenvalue weighted by molar-refractivity contribution is 0.0418. The van der Waals surface area contributed by atoms with Crippen molar-refractivity contribution in [3.63, 3.8) is 0 Å². The summed E-state index contributed by atoms with van der Waals surface area (Å²) < 4.78 is 6.03. The first kappa shape index (κ1) is 15.0. The van der Waals surface area contributed by atoms with Crippen molar-refractivity contribution in [3.05, 3.63) is 60.7 Å². The highest BCUT2D eigenvalue weighted by Crippen LogP contribution is 2.35. The van der Waals surface area contributed by atoms with E-state index in [1.54, 1.807) is 0 Å². The van der Waals surface area contributed by atoms with Gasteiger partial charge in [0, 0.05) is 12.6 Å². The molecule has 2 nitrogen and oxygen atoms in total. The minimum atomic E-state index is 0.0886. The van der Waals surface area contributed by atoms with Crippen LogP contribution in [0, 0.1) is 0 Å². The molecular weight excluding hydrogens is 246 g/mol. The van der Waals surface area contributed by atoms with Crippen molar-refractivity contribution >= 4 is 0 Å². The summed E-state index contributed by atoms with van der Waals surface area (Å²) in [6.45, 7) is 11.2. The fourth-order valence-corrected chi connectivity index (χ4v) is 2.59. The molecule has 0 aromatic heterocycles. The van der Waals surface area contributed by atoms with Crippen molar-refractivity contribution in [1.82, 2.24) is 4.90 Å². The summed E-state index contributed by atoms with van der Waals surface area (Å²) in [6, 6.07) is 11.6. The molecule has 1 saturated heterocycles. The van der Waals surface area contributed by atoms with Gasteiger partial charge in [-0.25, -0.2) is 0 Å². The fourth-order valence-electron chi connectivity index (χ4n) is 2.59. The molecule has 0 amide bonds. The molecule has 1 aliphatic rings. The Hall–Kier alpha value is -1.38. The summed E-state index contributed by atoms with van der Waals surface area (Å²) in [4.78, 5) is 2.48. The SMILES string of the molecule is C=C[C@H](C)O[C@H](/C=C/C)[C@H]1CN1[C@H](C)c1ccccc1. The molecule has 1 aliphatic heterocycles. The van der Waals surface area contributed by atoms with Crippen LogP contribution in [0.15, 0.2) is 55.1 Å². The molecule has 1 unspecified atom stereocenters. The molecule has 0 aliphatic carbocycles. The van der Waals surface area contributed by atoms with Gasteiger partial charge in [-0.05, 0) is 26.3 Å². The van der Waals surface area contributed by atoms with Crippen LogP contribution < -0.4 is 0 Å². The lowest BCUT2D eigenvalue weighted by Gasteiger charge is -2.20. The van der Waals surface area contributed by atoms with E-state index in [-0.39, 0.29) is 12.2 Å². The third-order valence-corrected chi connectivity index (χ3v) is 3.93. The van der Waals surface area contributed by atoms with E-state index in [1.807, 2.05) is 19.9 Å². The lowest BCUT2D eigenvalue weighted by atomic mass is 10.1. The maximum Gasteiger partial charge on any atom is 0.0931 e. The van der Waals surface area contributed by atoms with Gasteiger partial charge in [-0.15, -0.1) is 6.58 Å². The van der Waals surface area contributed by atoms with Crippen molar-refractivity contribution in [2.24, 2.45) is 0 Å². The van der Waals surface area contributed by atoms with E-state index in [1.165, 1.54) is 5.56 Å². The van der Waals surface area contributed by atoms with Gasteiger partial charge >= 0.3 is 0 Å². The third-order valence-electron chi connectivity index (χ3n) is 3.93. The Bertz CT molecular complexity index is 454. The number of rotatable bonds is 7. The minimum absolute atomic E-state index is 0.0886. The van der Waals surface area contributed by atoms with Gasteiger partial charge in [-0.1, -0.05) is 48.6 Å². The van der Waals surface area contributed by atoms with Crippen molar-refractivity contribution in [2.45, 2.75) is 45.1 Å². The minimum Gasteiger partial charge on any atom is -0.365 e. The lowest BCUT2D eigenvalue weighted by Crippen LogP contribution is -2.25. The molecule has 0 radical (unpaired) electrons. The maximum absolute atomic E-state index is 6.03. The van der Waals surface area contributed by atoms with Crippen LogP contribution in [-0.4, -0.2) is 29.7 Å². The zero-order valence-corrected chi connectivity index (χ0v) is 12.7. The molecule has 1 heterocycles. The Morgan fingerprint density at radius 2 is 2.00 bits per heavy atom. The van der Waals surface area contributed by atoms with Crippen LogP contribution in [0.25, 0.3) is 0 Å². The highest BCUT2D eigenvalue weighted by molar-refractivity contribution is 5.21. The van der Waals surface area contributed by atoms with Gasteiger partial charge in [0.15, 0.2) is 0 Å². The Morgan fingerprint density at radius 3 is 2.60 bits per heavy atom. The highest BCUT2D eigenvalue weighted by atomic mass is 16.5. The monoisotopic (exact) mass is 271 g/mol. The molecule has 1 aromatic rings. The molecule has 0 saturated carbocycles. The van der Waals surface area contributed by atoms with E-state index in [2.05, 4.69) is 60.9 Å². The van der Waals surface area contributed by atoms with Gasteiger partial charge in [0.1, 0.15) is 0 Å². The van der Waals surface area contributed by atoms with Gasteiger partial charge < -0.3 is 4.74 Å². The Balaban J connectivity index is 1.99. The van der Waals surface area contributed by atoms with Crippen LogP contribution in [-0.2, 0) is 4.74 Å². The molecule has 1 aromatic carbocycles. The highest BCUT2D eigenvalue weighted by Gasteiger charge is 2.43. The molecule has 5 atom stereocenters. The van der Waals surface area contributed by atoms with Gasteiger partial charge in [0.2, 0.25) is 0 Å². The Labute approximate surface area is 122 Å². The first-order chi connectivity index (χ1) is 9.67. The largest absolute Gasteiger partial charge is 0.365 e. The molecule has 20 heavy (non-hydrogen) atoms. The summed E-state index contributed by atoms with van der Waals surface area (Å²) in [6.07, 6.45) is 6.32. The molecule has 1 fully saturated rings. The summed E-state index contributed by atoms with van der Waals surface area (Å²) in [5, 5.41) is 0. The van der Waals surface area contributed by atoms with Gasteiger partial charge in [0.25, 0.3) is 0 Å². The summed E-state index contributed by atoms with van der Waals surface area (Å²) >= 11 is 0. The van der Waals surface area contributed by atoms with Crippen LogP contribution in [0.4, 0.5) is 0 Å². The molecule has 2 heteroatoms. The van der Waals surface area contributed by atoms with Crippen molar-refractivity contribution < 1.29 is 4.74 Å². The molecular formula is C18H25NO. The van der Waals surface area contributed by atoms with E-state index >= 15 is 0 Å². The second-order valence-corrected chi connectivity index (χ2v) is 5.42. The topological polar surface area (TPSA) is 12.2 Å². The van der Waals surface area contributed by atoms with Crippen molar-refractivity contribution in [3.8, 4) is 0 Å².